The fourth-order valence-electron chi connectivity index (χ4n) is 2.65. The molecular formula is C14H16ClF5N2. The van der Waals surface area contributed by atoms with E-state index in [2.05, 4.69) is 5.32 Å². The number of hydrogen-bond donors (Lipinski definition) is 1. The Morgan fingerprint density at radius 1 is 1.14 bits per heavy atom. The molecule has 1 aliphatic heterocycles. The second-order valence-corrected chi connectivity index (χ2v) is 5.59. The zero-order valence-corrected chi connectivity index (χ0v) is 12.4. The molecule has 0 unspecified atom stereocenters. The lowest BCUT2D eigenvalue weighted by Gasteiger charge is -2.36. The van der Waals surface area contributed by atoms with Crippen LogP contribution in [0.1, 0.15) is 24.4 Å². The highest BCUT2D eigenvalue weighted by Gasteiger charge is 2.33. The molecule has 8 heteroatoms. The first-order valence-electron chi connectivity index (χ1n) is 6.94. The van der Waals surface area contributed by atoms with Gasteiger partial charge in [-0.25, -0.2) is 8.78 Å². The van der Waals surface area contributed by atoms with E-state index in [1.54, 1.807) is 4.90 Å². The average molecular weight is 343 g/mol. The van der Waals surface area contributed by atoms with Crippen molar-refractivity contribution in [1.29, 1.82) is 0 Å². The van der Waals surface area contributed by atoms with E-state index in [0.29, 0.717) is 26.2 Å². The summed E-state index contributed by atoms with van der Waals surface area (Å²) in [7, 11) is 0. The summed E-state index contributed by atoms with van der Waals surface area (Å²) in [5.41, 5.74) is -0.187. The van der Waals surface area contributed by atoms with E-state index >= 15 is 0 Å². The lowest BCUT2D eigenvalue weighted by Crippen LogP contribution is -2.45. The molecule has 0 aliphatic carbocycles. The van der Waals surface area contributed by atoms with Gasteiger partial charge in [0, 0.05) is 44.2 Å². The van der Waals surface area contributed by atoms with Gasteiger partial charge in [-0.3, -0.25) is 4.90 Å². The molecule has 2 rings (SSSR count). The van der Waals surface area contributed by atoms with Gasteiger partial charge in [-0.15, -0.1) is 0 Å². The molecule has 1 aromatic rings. The zero-order valence-electron chi connectivity index (χ0n) is 11.7. The number of nitrogens with zero attached hydrogens (tertiary/aromatic N) is 1. The van der Waals surface area contributed by atoms with Gasteiger partial charge in [0.1, 0.15) is 11.6 Å². The quantitative estimate of drug-likeness (QED) is 0.659. The zero-order chi connectivity index (χ0) is 16.3. The summed E-state index contributed by atoms with van der Waals surface area (Å²) in [5.74, 6) is -1.61. The number of benzene rings is 1. The maximum Gasteiger partial charge on any atom is 0.389 e. The van der Waals surface area contributed by atoms with Crippen molar-refractivity contribution in [3.8, 4) is 0 Å². The summed E-state index contributed by atoms with van der Waals surface area (Å²) in [6.45, 7) is 2.07. The van der Waals surface area contributed by atoms with Crippen LogP contribution >= 0.6 is 11.6 Å². The van der Waals surface area contributed by atoms with Crippen molar-refractivity contribution < 1.29 is 22.0 Å². The Bertz CT molecular complexity index is 515. The first-order chi connectivity index (χ1) is 10.3. The van der Waals surface area contributed by atoms with Crippen LogP contribution in [0.2, 0.25) is 5.02 Å². The normalized spacial score (nSPS) is 18.5. The van der Waals surface area contributed by atoms with Crippen LogP contribution < -0.4 is 5.32 Å². The number of halogens is 6. The van der Waals surface area contributed by atoms with Gasteiger partial charge in [0.05, 0.1) is 5.02 Å². The van der Waals surface area contributed by atoms with Crippen LogP contribution in [-0.4, -0.2) is 37.3 Å². The molecule has 22 heavy (non-hydrogen) atoms. The van der Waals surface area contributed by atoms with Gasteiger partial charge >= 0.3 is 6.18 Å². The van der Waals surface area contributed by atoms with E-state index in [-0.39, 0.29) is 12.0 Å². The molecule has 0 spiro atoms. The number of nitrogens with one attached hydrogen (secondary N) is 1. The third kappa shape index (κ3) is 4.30. The van der Waals surface area contributed by atoms with Crippen LogP contribution in [-0.2, 0) is 0 Å². The number of hydrogen-bond acceptors (Lipinski definition) is 2. The predicted molar refractivity (Wildman–Crippen MR) is 73.8 cm³/mol. The number of piperazine rings is 1. The van der Waals surface area contributed by atoms with Crippen molar-refractivity contribution in [3.63, 3.8) is 0 Å². The third-order valence-corrected chi connectivity index (χ3v) is 4.09. The topological polar surface area (TPSA) is 15.3 Å². The van der Waals surface area contributed by atoms with Gasteiger partial charge in [-0.1, -0.05) is 11.6 Å². The molecule has 1 aliphatic rings. The highest BCUT2D eigenvalue weighted by atomic mass is 35.5. The van der Waals surface area contributed by atoms with Crippen molar-refractivity contribution in [2.75, 3.05) is 26.2 Å². The summed E-state index contributed by atoms with van der Waals surface area (Å²) in [6, 6.07) is 0.880. The minimum absolute atomic E-state index is 0.187. The third-order valence-electron chi connectivity index (χ3n) is 3.71. The lowest BCUT2D eigenvalue weighted by molar-refractivity contribution is -0.138. The van der Waals surface area contributed by atoms with E-state index in [4.69, 9.17) is 11.6 Å². The van der Waals surface area contributed by atoms with E-state index in [1.807, 2.05) is 0 Å². The number of alkyl halides is 3. The molecule has 1 saturated heterocycles. The smallest absolute Gasteiger partial charge is 0.314 e. The molecular weight excluding hydrogens is 327 g/mol. The standard InChI is InChI=1S/C14H16ClF5N2/c15-13-10(17)2-1-9(16)12(13)11(3-4-14(18,19)20)22-7-5-21-6-8-22/h1-2,11,21H,3-8H2/t11-/m0/s1. The summed E-state index contributed by atoms with van der Waals surface area (Å²) in [6.07, 6.45) is -5.79. The molecule has 1 aromatic carbocycles. The Morgan fingerprint density at radius 3 is 2.32 bits per heavy atom. The summed E-state index contributed by atoms with van der Waals surface area (Å²) in [5, 5.41) is 2.63. The molecule has 0 saturated carbocycles. The average Bonchev–Trinajstić information content (AvgIpc) is 2.46. The molecule has 1 N–H and O–H groups in total. The molecule has 0 amide bonds. The van der Waals surface area contributed by atoms with Gasteiger partial charge in [0.15, 0.2) is 0 Å². The molecule has 0 aromatic heterocycles. The van der Waals surface area contributed by atoms with Gasteiger partial charge in [-0.2, -0.15) is 13.2 Å². The molecule has 2 nitrogen and oxygen atoms in total. The lowest BCUT2D eigenvalue weighted by atomic mass is 9.98. The first-order valence-corrected chi connectivity index (χ1v) is 7.32. The minimum atomic E-state index is -4.36. The molecule has 1 atom stereocenters. The Labute approximate surface area is 130 Å². The van der Waals surface area contributed by atoms with Crippen LogP contribution in [0.3, 0.4) is 0 Å². The molecule has 1 fully saturated rings. The Balaban J connectivity index is 2.32. The fourth-order valence-corrected chi connectivity index (χ4v) is 2.93. The monoisotopic (exact) mass is 342 g/mol. The SMILES string of the molecule is Fc1ccc(F)c([C@H](CCC(F)(F)F)N2CCNCC2)c1Cl. The summed E-state index contributed by atoms with van der Waals surface area (Å²) in [4.78, 5) is 1.71. The van der Waals surface area contributed by atoms with Crippen LogP contribution in [0.5, 0.6) is 0 Å². The fraction of sp³-hybridized carbons (Fsp3) is 0.571. The molecule has 0 radical (unpaired) electrons. The van der Waals surface area contributed by atoms with Crippen LogP contribution in [0.15, 0.2) is 12.1 Å². The van der Waals surface area contributed by atoms with Crippen molar-refractivity contribution in [2.24, 2.45) is 0 Å². The van der Waals surface area contributed by atoms with Crippen molar-refractivity contribution in [1.82, 2.24) is 10.2 Å². The first kappa shape index (κ1) is 17.4. The van der Waals surface area contributed by atoms with Gasteiger partial charge in [0.2, 0.25) is 0 Å². The van der Waals surface area contributed by atoms with E-state index in [0.717, 1.165) is 12.1 Å². The Kier molecular flexibility index (Phi) is 5.63. The molecule has 1 heterocycles. The summed E-state index contributed by atoms with van der Waals surface area (Å²) < 4.78 is 65.3. The van der Waals surface area contributed by atoms with Crippen LogP contribution in [0.4, 0.5) is 22.0 Å². The van der Waals surface area contributed by atoms with E-state index in [9.17, 15) is 22.0 Å². The minimum Gasteiger partial charge on any atom is -0.314 e. The maximum absolute atomic E-state index is 14.1. The second kappa shape index (κ2) is 7.10. The Hall–Kier alpha value is -0.920. The summed E-state index contributed by atoms with van der Waals surface area (Å²) >= 11 is 5.82. The van der Waals surface area contributed by atoms with Crippen molar-refractivity contribution in [3.05, 3.63) is 34.4 Å². The Morgan fingerprint density at radius 2 is 1.73 bits per heavy atom. The highest BCUT2D eigenvalue weighted by Crippen LogP contribution is 2.37. The van der Waals surface area contributed by atoms with Gasteiger partial charge < -0.3 is 5.32 Å². The number of rotatable bonds is 4. The molecule has 0 bridgehead atoms. The largest absolute Gasteiger partial charge is 0.389 e. The molecule has 124 valence electrons. The second-order valence-electron chi connectivity index (χ2n) is 5.21. The highest BCUT2D eigenvalue weighted by molar-refractivity contribution is 6.31. The van der Waals surface area contributed by atoms with Gasteiger partial charge in [-0.05, 0) is 18.6 Å². The van der Waals surface area contributed by atoms with E-state index in [1.165, 1.54) is 0 Å². The van der Waals surface area contributed by atoms with E-state index < -0.39 is 35.3 Å². The predicted octanol–water partition coefficient (Wildman–Crippen LogP) is 3.91. The van der Waals surface area contributed by atoms with Crippen LogP contribution in [0, 0.1) is 11.6 Å². The van der Waals surface area contributed by atoms with Crippen molar-refractivity contribution in [2.45, 2.75) is 25.1 Å². The van der Waals surface area contributed by atoms with Crippen LogP contribution in [0.25, 0.3) is 0 Å². The maximum atomic E-state index is 14.1. The van der Waals surface area contributed by atoms with Gasteiger partial charge in [0.25, 0.3) is 0 Å². The van der Waals surface area contributed by atoms with Crippen molar-refractivity contribution >= 4 is 11.6 Å².